The third-order valence-corrected chi connectivity index (χ3v) is 6.84. The van der Waals surface area contributed by atoms with Crippen LogP contribution in [0.25, 0.3) is 10.4 Å². The van der Waals surface area contributed by atoms with E-state index < -0.39 is 12.0 Å². The summed E-state index contributed by atoms with van der Waals surface area (Å²) in [7, 11) is 0. The first-order chi connectivity index (χ1) is 15.6. The number of benzene rings is 2. The van der Waals surface area contributed by atoms with E-state index in [9.17, 15) is 9.59 Å². The van der Waals surface area contributed by atoms with Gasteiger partial charge in [-0.15, -0.1) is 11.3 Å². The summed E-state index contributed by atoms with van der Waals surface area (Å²) in [6.45, 7) is 3.92. The second-order valence-electron chi connectivity index (χ2n) is 7.96. The Kier molecular flexibility index (Phi) is 7.02. The van der Waals surface area contributed by atoms with Crippen molar-refractivity contribution in [3.05, 3.63) is 77.4 Å². The Morgan fingerprint density at radius 3 is 2.66 bits per heavy atom. The highest BCUT2D eigenvalue weighted by Crippen LogP contribution is 2.36. The van der Waals surface area contributed by atoms with E-state index in [0.29, 0.717) is 10.6 Å². The van der Waals surface area contributed by atoms with E-state index in [1.54, 1.807) is 13.0 Å². The largest absolute Gasteiger partial charge is 0.462 e. The van der Waals surface area contributed by atoms with Gasteiger partial charge in [0.1, 0.15) is 5.00 Å². The van der Waals surface area contributed by atoms with Gasteiger partial charge in [0.15, 0.2) is 0 Å². The predicted octanol–water partition coefficient (Wildman–Crippen LogP) is 5.59. The molecule has 32 heavy (non-hydrogen) atoms. The second kappa shape index (κ2) is 10.1. The molecule has 0 saturated heterocycles. The summed E-state index contributed by atoms with van der Waals surface area (Å²) in [6, 6.07) is 19.8. The molecule has 1 aromatic heterocycles. The van der Waals surface area contributed by atoms with Crippen molar-refractivity contribution in [3.8, 4) is 10.4 Å². The zero-order valence-electron chi connectivity index (χ0n) is 18.4. The number of rotatable bonds is 7. The minimum atomic E-state index is -0.428. The van der Waals surface area contributed by atoms with Gasteiger partial charge < -0.3 is 10.1 Å². The third-order valence-electron chi connectivity index (χ3n) is 5.74. The summed E-state index contributed by atoms with van der Waals surface area (Å²) in [5.41, 5.74) is 4.00. The van der Waals surface area contributed by atoms with Crippen LogP contribution in [0.3, 0.4) is 0 Å². The van der Waals surface area contributed by atoms with E-state index in [-0.39, 0.29) is 18.6 Å². The molecule has 0 fully saturated rings. The van der Waals surface area contributed by atoms with Gasteiger partial charge in [-0.2, -0.15) is 0 Å². The van der Waals surface area contributed by atoms with Crippen LogP contribution in [0.5, 0.6) is 0 Å². The minimum absolute atomic E-state index is 0.147. The average Bonchev–Trinajstić information content (AvgIpc) is 3.24. The number of carbonyl (C=O) groups is 2. The molecule has 4 rings (SSSR count). The molecule has 1 amide bonds. The standard InChI is InChI=1S/C26H28N2O3S/c1-3-31-26(30)21-16-23(19-11-5-4-6-12-19)32-25(21)28-24(29)17(2)27-22-15-9-13-18-10-7-8-14-20(18)22/h4-8,10-12,14,16-17,22,27H,3,9,13,15H2,1-2H3,(H,28,29)/t17-,22-/m1/s1. The van der Waals surface area contributed by atoms with Crippen molar-refractivity contribution in [1.29, 1.82) is 0 Å². The lowest BCUT2D eigenvalue weighted by Gasteiger charge is -2.28. The maximum Gasteiger partial charge on any atom is 0.341 e. The fourth-order valence-electron chi connectivity index (χ4n) is 4.11. The molecule has 0 radical (unpaired) electrons. The fourth-order valence-corrected chi connectivity index (χ4v) is 5.17. The van der Waals surface area contributed by atoms with E-state index in [0.717, 1.165) is 29.7 Å². The van der Waals surface area contributed by atoms with Gasteiger partial charge in [0.2, 0.25) is 5.91 Å². The third kappa shape index (κ3) is 4.92. The normalized spacial score (nSPS) is 16.1. The molecule has 0 spiro atoms. The smallest absolute Gasteiger partial charge is 0.341 e. The first-order valence-corrected chi connectivity index (χ1v) is 11.9. The van der Waals surface area contributed by atoms with Crippen LogP contribution in [0.4, 0.5) is 5.00 Å². The summed E-state index contributed by atoms with van der Waals surface area (Å²) in [5, 5.41) is 6.97. The van der Waals surface area contributed by atoms with Crippen molar-refractivity contribution in [2.24, 2.45) is 0 Å². The number of thiophene rings is 1. The number of fused-ring (bicyclic) bond motifs is 1. The molecule has 2 atom stereocenters. The maximum atomic E-state index is 13.1. The molecular formula is C26H28N2O3S. The molecular weight excluding hydrogens is 420 g/mol. The molecule has 1 aliphatic carbocycles. The van der Waals surface area contributed by atoms with E-state index >= 15 is 0 Å². The Labute approximate surface area is 192 Å². The first kappa shape index (κ1) is 22.2. The highest BCUT2D eigenvalue weighted by molar-refractivity contribution is 7.20. The van der Waals surface area contributed by atoms with Crippen molar-refractivity contribution in [2.45, 2.75) is 45.2 Å². The quantitative estimate of drug-likeness (QED) is 0.463. The number of ether oxygens (including phenoxy) is 1. The number of carbonyl (C=O) groups excluding carboxylic acids is 2. The summed E-state index contributed by atoms with van der Waals surface area (Å²) < 4.78 is 5.22. The second-order valence-corrected chi connectivity index (χ2v) is 9.01. The zero-order valence-corrected chi connectivity index (χ0v) is 19.2. The number of nitrogens with one attached hydrogen (secondary N) is 2. The molecule has 1 heterocycles. The SMILES string of the molecule is CCOC(=O)c1cc(-c2ccccc2)sc1NC(=O)[C@@H](C)N[C@@H]1CCCc2ccccc21. The monoisotopic (exact) mass is 448 g/mol. The summed E-state index contributed by atoms with van der Waals surface area (Å²) in [4.78, 5) is 26.5. The van der Waals surface area contributed by atoms with Crippen molar-refractivity contribution in [2.75, 3.05) is 11.9 Å². The molecule has 2 aromatic carbocycles. The van der Waals surface area contributed by atoms with Crippen LogP contribution in [0.15, 0.2) is 60.7 Å². The Morgan fingerprint density at radius 2 is 1.88 bits per heavy atom. The van der Waals surface area contributed by atoms with Crippen LogP contribution >= 0.6 is 11.3 Å². The van der Waals surface area contributed by atoms with Crippen molar-refractivity contribution < 1.29 is 14.3 Å². The molecule has 0 unspecified atom stereocenters. The Bertz CT molecular complexity index is 1090. The molecule has 0 bridgehead atoms. The van der Waals surface area contributed by atoms with Gasteiger partial charge >= 0.3 is 5.97 Å². The fraction of sp³-hybridized carbons (Fsp3) is 0.308. The lowest BCUT2D eigenvalue weighted by Crippen LogP contribution is -2.41. The van der Waals surface area contributed by atoms with Crippen LogP contribution in [0.1, 0.15) is 54.2 Å². The first-order valence-electron chi connectivity index (χ1n) is 11.1. The molecule has 5 nitrogen and oxygen atoms in total. The maximum absolute atomic E-state index is 13.1. The number of esters is 1. The number of anilines is 1. The highest BCUT2D eigenvalue weighted by atomic mass is 32.1. The number of aryl methyl sites for hydroxylation is 1. The zero-order chi connectivity index (χ0) is 22.5. The number of hydrogen-bond donors (Lipinski definition) is 2. The summed E-state index contributed by atoms with van der Waals surface area (Å²) >= 11 is 1.39. The average molecular weight is 449 g/mol. The molecule has 0 aliphatic heterocycles. The van der Waals surface area contributed by atoms with Gasteiger partial charge in [0.05, 0.1) is 18.2 Å². The number of hydrogen-bond acceptors (Lipinski definition) is 5. The van der Waals surface area contributed by atoms with E-state index in [1.165, 1.54) is 22.5 Å². The van der Waals surface area contributed by atoms with Gasteiger partial charge in [0, 0.05) is 10.9 Å². The molecule has 6 heteroatoms. The lowest BCUT2D eigenvalue weighted by molar-refractivity contribution is -0.118. The molecule has 3 aromatic rings. The van der Waals surface area contributed by atoms with Crippen LogP contribution in [0.2, 0.25) is 0 Å². The van der Waals surface area contributed by atoms with Crippen molar-refractivity contribution in [1.82, 2.24) is 5.32 Å². The van der Waals surface area contributed by atoms with E-state index in [2.05, 4.69) is 28.8 Å². The molecule has 0 saturated carbocycles. The Hall–Kier alpha value is -2.96. The summed E-state index contributed by atoms with van der Waals surface area (Å²) in [5.74, 6) is -0.594. The van der Waals surface area contributed by atoms with Crippen LogP contribution in [-0.4, -0.2) is 24.5 Å². The molecule has 166 valence electrons. The van der Waals surface area contributed by atoms with E-state index in [4.69, 9.17) is 4.74 Å². The highest BCUT2D eigenvalue weighted by Gasteiger charge is 2.26. The van der Waals surface area contributed by atoms with Gasteiger partial charge in [-0.25, -0.2) is 4.79 Å². The Balaban J connectivity index is 1.52. The van der Waals surface area contributed by atoms with Gasteiger partial charge in [-0.05, 0) is 55.9 Å². The van der Waals surface area contributed by atoms with Gasteiger partial charge in [-0.3, -0.25) is 10.1 Å². The van der Waals surface area contributed by atoms with Gasteiger partial charge in [0.25, 0.3) is 0 Å². The molecule has 1 aliphatic rings. The van der Waals surface area contributed by atoms with Crippen LogP contribution in [-0.2, 0) is 16.0 Å². The van der Waals surface area contributed by atoms with Crippen molar-refractivity contribution >= 4 is 28.2 Å². The topological polar surface area (TPSA) is 67.4 Å². The Morgan fingerprint density at radius 1 is 1.12 bits per heavy atom. The number of amides is 1. The van der Waals surface area contributed by atoms with Crippen molar-refractivity contribution in [3.63, 3.8) is 0 Å². The van der Waals surface area contributed by atoms with Gasteiger partial charge in [-0.1, -0.05) is 54.6 Å². The van der Waals surface area contributed by atoms with Crippen LogP contribution < -0.4 is 10.6 Å². The minimum Gasteiger partial charge on any atom is -0.462 e. The lowest BCUT2D eigenvalue weighted by atomic mass is 9.87. The summed E-state index contributed by atoms with van der Waals surface area (Å²) in [6.07, 6.45) is 3.18. The van der Waals surface area contributed by atoms with E-state index in [1.807, 2.05) is 43.3 Å². The predicted molar refractivity (Wildman–Crippen MR) is 129 cm³/mol. The molecule has 2 N–H and O–H groups in total. The van der Waals surface area contributed by atoms with Crippen LogP contribution in [0, 0.1) is 0 Å².